The number of benzene rings is 2. The van der Waals surface area contributed by atoms with Gasteiger partial charge in [0.15, 0.2) is 5.65 Å². The average molecular weight is 571 g/mol. The van der Waals surface area contributed by atoms with Gasteiger partial charge in [-0.1, -0.05) is 0 Å². The van der Waals surface area contributed by atoms with Crippen LogP contribution in [0.1, 0.15) is 10.4 Å². The van der Waals surface area contributed by atoms with Gasteiger partial charge in [-0.2, -0.15) is 0 Å². The second-order valence-corrected chi connectivity index (χ2v) is 11.4. The SMILES string of the molecule is CNC(=O)c1c(-c2ccc(F)cc2)oc2cc(N(C)S(C)(=O)=O)c(-c3cc(-c4nc5ncccc5[nH]4)ccn3)cc12. The number of aromatic nitrogens is 4. The zero-order valence-electron chi connectivity index (χ0n) is 22.1. The minimum absolute atomic E-state index is 0.223. The number of sulfonamides is 1. The summed E-state index contributed by atoms with van der Waals surface area (Å²) in [6.07, 6.45) is 4.34. The fourth-order valence-electron chi connectivity index (χ4n) is 4.64. The number of hydrogen-bond acceptors (Lipinski definition) is 7. The van der Waals surface area contributed by atoms with Crippen LogP contribution in [0.15, 0.2) is 77.5 Å². The van der Waals surface area contributed by atoms with Crippen LogP contribution < -0.4 is 9.62 Å². The van der Waals surface area contributed by atoms with Gasteiger partial charge in [0.1, 0.15) is 23.0 Å². The van der Waals surface area contributed by atoms with Crippen LogP contribution in [-0.4, -0.2) is 54.6 Å². The predicted octanol–water partition coefficient (Wildman–Crippen LogP) is 4.99. The second-order valence-electron chi connectivity index (χ2n) is 9.38. The van der Waals surface area contributed by atoms with Gasteiger partial charge >= 0.3 is 0 Å². The Kier molecular flexibility index (Phi) is 6.26. The molecule has 41 heavy (non-hydrogen) atoms. The van der Waals surface area contributed by atoms with E-state index in [9.17, 15) is 17.6 Å². The molecule has 0 fully saturated rings. The largest absolute Gasteiger partial charge is 0.455 e. The topological polar surface area (TPSA) is 134 Å². The molecule has 0 saturated carbocycles. The molecule has 206 valence electrons. The van der Waals surface area contributed by atoms with Crippen LogP contribution in [0, 0.1) is 5.82 Å². The van der Waals surface area contributed by atoms with Crippen LogP contribution in [0.5, 0.6) is 0 Å². The van der Waals surface area contributed by atoms with Crippen LogP contribution in [0.3, 0.4) is 0 Å². The summed E-state index contributed by atoms with van der Waals surface area (Å²) in [5.74, 6) is -0.0676. The molecule has 0 aliphatic rings. The number of furan rings is 1. The van der Waals surface area contributed by atoms with E-state index in [0.29, 0.717) is 44.9 Å². The van der Waals surface area contributed by atoms with Crippen LogP contribution in [0.2, 0.25) is 0 Å². The van der Waals surface area contributed by atoms with Gasteiger partial charge in [-0.25, -0.2) is 22.8 Å². The minimum atomic E-state index is -3.70. The molecule has 10 nitrogen and oxygen atoms in total. The molecule has 2 N–H and O–H groups in total. The zero-order valence-corrected chi connectivity index (χ0v) is 23.0. The van der Waals surface area contributed by atoms with Gasteiger partial charge in [0, 0.05) is 54.6 Å². The van der Waals surface area contributed by atoms with E-state index in [-0.39, 0.29) is 16.9 Å². The molecule has 6 rings (SSSR count). The molecule has 0 unspecified atom stereocenters. The van der Waals surface area contributed by atoms with Crippen molar-refractivity contribution in [3.8, 4) is 34.0 Å². The van der Waals surface area contributed by atoms with Crippen molar-refractivity contribution in [2.75, 3.05) is 24.7 Å². The van der Waals surface area contributed by atoms with E-state index in [2.05, 4.69) is 25.3 Å². The fraction of sp³-hybridized carbons (Fsp3) is 0.103. The van der Waals surface area contributed by atoms with Gasteiger partial charge in [0.25, 0.3) is 5.91 Å². The van der Waals surface area contributed by atoms with Crippen LogP contribution in [-0.2, 0) is 10.0 Å². The van der Waals surface area contributed by atoms with E-state index >= 15 is 0 Å². The zero-order chi connectivity index (χ0) is 28.9. The summed E-state index contributed by atoms with van der Waals surface area (Å²) in [5, 5.41) is 3.07. The average Bonchev–Trinajstić information content (AvgIpc) is 3.57. The lowest BCUT2D eigenvalue weighted by molar-refractivity contribution is 0.0964. The molecule has 12 heteroatoms. The van der Waals surface area contributed by atoms with Crippen molar-refractivity contribution in [3.05, 3.63) is 84.4 Å². The molecule has 0 spiro atoms. The monoisotopic (exact) mass is 570 g/mol. The van der Waals surface area contributed by atoms with Gasteiger partial charge in [-0.3, -0.25) is 14.1 Å². The molecule has 4 aromatic heterocycles. The van der Waals surface area contributed by atoms with Crippen molar-refractivity contribution in [3.63, 3.8) is 0 Å². The summed E-state index contributed by atoms with van der Waals surface area (Å²) in [7, 11) is -0.775. The Balaban J connectivity index is 1.61. The second kappa shape index (κ2) is 9.82. The number of imidazole rings is 1. The summed E-state index contributed by atoms with van der Waals surface area (Å²) in [6, 6.07) is 16.0. The maximum absolute atomic E-state index is 13.7. The third-order valence-electron chi connectivity index (χ3n) is 6.77. The van der Waals surface area contributed by atoms with Crippen molar-refractivity contribution in [1.29, 1.82) is 0 Å². The van der Waals surface area contributed by atoms with Crippen LogP contribution in [0.4, 0.5) is 10.1 Å². The molecule has 0 aliphatic heterocycles. The molecule has 0 radical (unpaired) electrons. The number of aromatic amines is 1. The standard InChI is InChI=1S/C29H23FN6O4S/c1-31-29(37)25-20-14-19(22-13-17(10-12-32-22)27-34-21-5-4-11-33-28(21)35-27)23(36(2)41(3,38)39)15-24(20)40-26(25)16-6-8-18(30)9-7-16/h4-15H,1-3H3,(H,31,37)(H,33,34,35). The molecule has 2 aromatic carbocycles. The third-order valence-corrected chi connectivity index (χ3v) is 7.96. The smallest absolute Gasteiger partial charge is 0.255 e. The van der Waals surface area contributed by atoms with E-state index in [4.69, 9.17) is 4.42 Å². The quantitative estimate of drug-likeness (QED) is 0.288. The lowest BCUT2D eigenvalue weighted by atomic mass is 10.00. The molecular formula is C29H23FN6O4S. The summed E-state index contributed by atoms with van der Waals surface area (Å²) in [4.78, 5) is 29.7. The van der Waals surface area contributed by atoms with Gasteiger partial charge in [0.05, 0.1) is 28.7 Å². The highest BCUT2D eigenvalue weighted by molar-refractivity contribution is 7.92. The highest BCUT2D eigenvalue weighted by Gasteiger charge is 2.26. The first-order valence-electron chi connectivity index (χ1n) is 12.4. The molecule has 0 atom stereocenters. The number of hydrogen-bond donors (Lipinski definition) is 2. The Morgan fingerprint density at radius 3 is 2.51 bits per heavy atom. The Hall–Kier alpha value is -5.10. The molecule has 0 bridgehead atoms. The van der Waals surface area contributed by atoms with Crippen molar-refractivity contribution >= 4 is 43.8 Å². The highest BCUT2D eigenvalue weighted by atomic mass is 32.2. The number of fused-ring (bicyclic) bond motifs is 2. The van der Waals surface area contributed by atoms with E-state index < -0.39 is 21.7 Å². The van der Waals surface area contributed by atoms with Crippen LogP contribution in [0.25, 0.3) is 56.1 Å². The van der Waals surface area contributed by atoms with Gasteiger partial charge in [-0.05, 0) is 54.6 Å². The predicted molar refractivity (Wildman–Crippen MR) is 154 cm³/mol. The first-order chi connectivity index (χ1) is 19.6. The Bertz CT molecular complexity index is 2040. The molecule has 4 heterocycles. The summed E-state index contributed by atoms with van der Waals surface area (Å²) < 4.78 is 46.2. The number of rotatable bonds is 6. The molecule has 1 amide bonds. The van der Waals surface area contributed by atoms with Crippen LogP contribution >= 0.6 is 0 Å². The number of carbonyl (C=O) groups is 1. The number of nitrogens with zero attached hydrogens (tertiary/aromatic N) is 4. The Morgan fingerprint density at radius 2 is 1.80 bits per heavy atom. The number of pyridine rings is 2. The van der Waals surface area contributed by atoms with E-state index in [1.807, 2.05) is 6.07 Å². The number of nitrogens with one attached hydrogen (secondary N) is 2. The fourth-order valence-corrected chi connectivity index (χ4v) is 5.15. The summed E-state index contributed by atoms with van der Waals surface area (Å²) >= 11 is 0. The number of carbonyl (C=O) groups excluding carboxylic acids is 1. The third kappa shape index (κ3) is 4.67. The van der Waals surface area contributed by atoms with E-state index in [1.54, 1.807) is 42.7 Å². The summed E-state index contributed by atoms with van der Waals surface area (Å²) in [5.41, 5.74) is 4.18. The Labute approximate surface area is 233 Å². The molecule has 6 aromatic rings. The van der Waals surface area contributed by atoms with Crippen molar-refractivity contribution < 1.29 is 22.0 Å². The normalized spacial score (nSPS) is 11.7. The first kappa shape index (κ1) is 26.1. The first-order valence-corrected chi connectivity index (χ1v) is 14.3. The summed E-state index contributed by atoms with van der Waals surface area (Å²) in [6.45, 7) is 0. The number of amides is 1. The number of halogens is 1. The van der Waals surface area contributed by atoms with Crippen molar-refractivity contribution in [2.24, 2.45) is 0 Å². The lowest BCUT2D eigenvalue weighted by Gasteiger charge is -2.20. The van der Waals surface area contributed by atoms with E-state index in [0.717, 1.165) is 16.1 Å². The molecular weight excluding hydrogens is 547 g/mol. The lowest BCUT2D eigenvalue weighted by Crippen LogP contribution is -2.25. The maximum Gasteiger partial charge on any atom is 0.255 e. The van der Waals surface area contributed by atoms with Crippen molar-refractivity contribution in [2.45, 2.75) is 0 Å². The van der Waals surface area contributed by atoms with Gasteiger partial charge in [0.2, 0.25) is 10.0 Å². The van der Waals surface area contributed by atoms with Gasteiger partial charge < -0.3 is 14.7 Å². The molecule has 0 saturated heterocycles. The van der Waals surface area contributed by atoms with Crippen molar-refractivity contribution in [1.82, 2.24) is 25.3 Å². The van der Waals surface area contributed by atoms with Gasteiger partial charge in [-0.15, -0.1) is 0 Å². The minimum Gasteiger partial charge on any atom is -0.455 e. The van der Waals surface area contributed by atoms with E-state index in [1.165, 1.54) is 38.4 Å². The number of H-pyrrole nitrogens is 1. The highest BCUT2D eigenvalue weighted by Crippen LogP contribution is 2.41. The maximum atomic E-state index is 13.7. The molecule has 0 aliphatic carbocycles. The number of anilines is 1. The Morgan fingerprint density at radius 1 is 1.02 bits per heavy atom.